The molecule has 2 N–H and O–H groups in total. The van der Waals surface area contributed by atoms with Crippen LogP contribution in [0.15, 0.2) is 16.8 Å². The number of fused-ring (bicyclic) bond motifs is 1. The van der Waals surface area contributed by atoms with Crippen molar-refractivity contribution in [2.75, 3.05) is 13.1 Å². The highest BCUT2D eigenvalue weighted by atomic mass is 15.0. The van der Waals surface area contributed by atoms with Crippen LogP contribution in [-0.4, -0.2) is 25.5 Å². The summed E-state index contributed by atoms with van der Waals surface area (Å²) in [5.74, 6) is 0. The van der Waals surface area contributed by atoms with Crippen LogP contribution in [0.25, 0.3) is 0 Å². The molecule has 0 amide bonds. The summed E-state index contributed by atoms with van der Waals surface area (Å²) in [7, 11) is 0. The van der Waals surface area contributed by atoms with Crippen molar-refractivity contribution >= 4 is 6.34 Å². The molecule has 0 aromatic rings. The fourth-order valence-corrected chi connectivity index (χ4v) is 1.36. The average molecular weight is 137 g/mol. The predicted molar refractivity (Wildman–Crippen MR) is 41.0 cm³/mol. The lowest BCUT2D eigenvalue weighted by atomic mass is 10.0. The number of hydrogen-bond donors (Lipinski definition) is 2. The minimum Gasteiger partial charge on any atom is -0.353 e. The van der Waals surface area contributed by atoms with E-state index in [4.69, 9.17) is 0 Å². The van der Waals surface area contributed by atoms with Crippen molar-refractivity contribution in [1.29, 1.82) is 0 Å². The molecule has 2 rings (SSSR count). The van der Waals surface area contributed by atoms with Crippen LogP contribution in [0.2, 0.25) is 0 Å². The Labute approximate surface area is 60.2 Å². The van der Waals surface area contributed by atoms with Crippen LogP contribution in [0, 0.1) is 0 Å². The van der Waals surface area contributed by atoms with Gasteiger partial charge in [-0.05, 0) is 18.5 Å². The lowest BCUT2D eigenvalue weighted by Crippen LogP contribution is -2.37. The summed E-state index contributed by atoms with van der Waals surface area (Å²) in [5, 5.41) is 6.30. The second kappa shape index (κ2) is 2.42. The standard InChI is InChI=1S/C7H11N3/c1-2-8-4-7-6(1)3-9-5-10-7/h3,5,7-8H,1-2,4H2,(H,9,10). The Balaban J connectivity index is 2.13. The van der Waals surface area contributed by atoms with E-state index < -0.39 is 0 Å². The van der Waals surface area contributed by atoms with Gasteiger partial charge in [-0.25, -0.2) is 0 Å². The molecule has 0 aromatic carbocycles. The van der Waals surface area contributed by atoms with Gasteiger partial charge in [0.1, 0.15) is 0 Å². The molecule has 0 bridgehead atoms. The van der Waals surface area contributed by atoms with Crippen LogP contribution in [0.3, 0.4) is 0 Å². The number of aliphatic imine (C=N–C) groups is 1. The molecular weight excluding hydrogens is 126 g/mol. The number of nitrogens with one attached hydrogen (secondary N) is 2. The van der Waals surface area contributed by atoms with Crippen LogP contribution in [-0.2, 0) is 0 Å². The molecule has 2 aliphatic rings. The van der Waals surface area contributed by atoms with E-state index in [1.54, 1.807) is 6.34 Å². The van der Waals surface area contributed by atoms with Gasteiger partial charge in [0.2, 0.25) is 0 Å². The molecule has 54 valence electrons. The molecule has 1 saturated heterocycles. The predicted octanol–water partition coefficient (Wildman–Crippen LogP) is -0.136. The van der Waals surface area contributed by atoms with E-state index in [0.29, 0.717) is 6.04 Å². The van der Waals surface area contributed by atoms with Gasteiger partial charge in [-0.1, -0.05) is 0 Å². The summed E-state index contributed by atoms with van der Waals surface area (Å²) in [6.07, 6.45) is 4.97. The minimum atomic E-state index is 0.412. The van der Waals surface area contributed by atoms with Gasteiger partial charge in [0.15, 0.2) is 0 Å². The maximum absolute atomic E-state index is 4.28. The van der Waals surface area contributed by atoms with Crippen LogP contribution >= 0.6 is 0 Å². The maximum atomic E-state index is 4.28. The first-order valence-corrected chi connectivity index (χ1v) is 3.64. The Morgan fingerprint density at radius 2 is 2.60 bits per heavy atom. The van der Waals surface area contributed by atoms with E-state index in [0.717, 1.165) is 19.5 Å². The molecule has 0 aromatic heterocycles. The van der Waals surface area contributed by atoms with E-state index in [-0.39, 0.29) is 0 Å². The smallest absolute Gasteiger partial charge is 0.0871 e. The third kappa shape index (κ3) is 0.926. The van der Waals surface area contributed by atoms with Crippen molar-refractivity contribution < 1.29 is 0 Å². The van der Waals surface area contributed by atoms with Crippen LogP contribution in [0.1, 0.15) is 6.42 Å². The van der Waals surface area contributed by atoms with Crippen LogP contribution in [0.5, 0.6) is 0 Å². The quantitative estimate of drug-likeness (QED) is 0.487. The molecule has 0 radical (unpaired) electrons. The molecule has 2 heterocycles. The highest BCUT2D eigenvalue weighted by Crippen LogP contribution is 2.14. The highest BCUT2D eigenvalue weighted by molar-refractivity contribution is 5.59. The Bertz CT molecular complexity index is 183. The fourth-order valence-electron chi connectivity index (χ4n) is 1.36. The van der Waals surface area contributed by atoms with Gasteiger partial charge in [-0.2, -0.15) is 0 Å². The average Bonchev–Trinajstić information content (AvgIpc) is 2.05. The highest BCUT2D eigenvalue weighted by Gasteiger charge is 2.17. The zero-order valence-corrected chi connectivity index (χ0v) is 5.80. The third-order valence-electron chi connectivity index (χ3n) is 1.95. The van der Waals surface area contributed by atoms with Gasteiger partial charge in [0.25, 0.3) is 0 Å². The molecule has 0 saturated carbocycles. The van der Waals surface area contributed by atoms with Gasteiger partial charge in [0.05, 0.1) is 12.4 Å². The van der Waals surface area contributed by atoms with E-state index in [2.05, 4.69) is 21.8 Å². The zero-order valence-electron chi connectivity index (χ0n) is 5.80. The molecule has 2 aliphatic heterocycles. The maximum Gasteiger partial charge on any atom is 0.0871 e. The van der Waals surface area contributed by atoms with Crippen molar-refractivity contribution in [2.45, 2.75) is 12.5 Å². The summed E-state index contributed by atoms with van der Waals surface area (Å²) < 4.78 is 0. The lowest BCUT2D eigenvalue weighted by Gasteiger charge is -2.24. The van der Waals surface area contributed by atoms with Gasteiger partial charge in [0, 0.05) is 12.7 Å². The van der Waals surface area contributed by atoms with Crippen LogP contribution in [0.4, 0.5) is 0 Å². The van der Waals surface area contributed by atoms with Gasteiger partial charge in [-0.15, -0.1) is 0 Å². The molecular formula is C7H11N3. The molecule has 0 spiro atoms. The molecule has 0 aliphatic carbocycles. The number of nitrogens with zero attached hydrogens (tertiary/aromatic N) is 1. The second-order valence-corrected chi connectivity index (χ2v) is 2.63. The van der Waals surface area contributed by atoms with Crippen molar-refractivity contribution in [2.24, 2.45) is 4.99 Å². The van der Waals surface area contributed by atoms with Crippen LogP contribution < -0.4 is 10.6 Å². The van der Waals surface area contributed by atoms with Crippen molar-refractivity contribution in [1.82, 2.24) is 10.6 Å². The first kappa shape index (κ1) is 5.92. The first-order chi connectivity index (χ1) is 4.97. The third-order valence-corrected chi connectivity index (χ3v) is 1.95. The van der Waals surface area contributed by atoms with E-state index in [1.807, 2.05) is 0 Å². The molecule has 1 fully saturated rings. The minimum absolute atomic E-state index is 0.412. The number of hydrogen-bond acceptors (Lipinski definition) is 3. The lowest BCUT2D eigenvalue weighted by molar-refractivity contribution is 0.545. The SMILES string of the molecule is C1=NC2CNCCC2=CN1. The number of rotatable bonds is 0. The Morgan fingerprint density at radius 3 is 3.50 bits per heavy atom. The molecule has 1 unspecified atom stereocenters. The molecule has 3 heteroatoms. The summed E-state index contributed by atoms with van der Waals surface area (Å²) in [6, 6.07) is 0.412. The largest absolute Gasteiger partial charge is 0.353 e. The van der Waals surface area contributed by atoms with Gasteiger partial charge < -0.3 is 10.6 Å². The summed E-state index contributed by atoms with van der Waals surface area (Å²) in [5.41, 5.74) is 1.43. The fraction of sp³-hybridized carbons (Fsp3) is 0.571. The van der Waals surface area contributed by atoms with E-state index >= 15 is 0 Å². The molecule has 10 heavy (non-hydrogen) atoms. The zero-order chi connectivity index (χ0) is 6.81. The molecule has 3 nitrogen and oxygen atoms in total. The van der Waals surface area contributed by atoms with Gasteiger partial charge >= 0.3 is 0 Å². The Hall–Kier alpha value is -0.830. The monoisotopic (exact) mass is 137 g/mol. The van der Waals surface area contributed by atoms with Crippen molar-refractivity contribution in [3.05, 3.63) is 11.8 Å². The normalized spacial score (nSPS) is 30.4. The van der Waals surface area contributed by atoms with Gasteiger partial charge in [-0.3, -0.25) is 4.99 Å². The Morgan fingerprint density at radius 1 is 1.60 bits per heavy atom. The Kier molecular flexibility index (Phi) is 1.43. The summed E-state index contributed by atoms with van der Waals surface area (Å²) in [6.45, 7) is 2.10. The summed E-state index contributed by atoms with van der Waals surface area (Å²) >= 11 is 0. The summed E-state index contributed by atoms with van der Waals surface area (Å²) in [4.78, 5) is 4.28. The molecule has 1 atom stereocenters. The van der Waals surface area contributed by atoms with Crippen molar-refractivity contribution in [3.8, 4) is 0 Å². The topological polar surface area (TPSA) is 36.4 Å². The van der Waals surface area contributed by atoms with Crippen molar-refractivity contribution in [3.63, 3.8) is 0 Å². The number of piperidine rings is 1. The van der Waals surface area contributed by atoms with E-state index in [9.17, 15) is 0 Å². The van der Waals surface area contributed by atoms with E-state index in [1.165, 1.54) is 5.57 Å². The first-order valence-electron chi connectivity index (χ1n) is 3.64. The second-order valence-electron chi connectivity index (χ2n) is 2.63.